The van der Waals surface area contributed by atoms with Crippen molar-refractivity contribution in [3.05, 3.63) is 40.2 Å². The van der Waals surface area contributed by atoms with Crippen LogP contribution in [0, 0.1) is 0 Å². The molecule has 1 aromatic heterocycles. The third-order valence-electron chi connectivity index (χ3n) is 5.21. The minimum atomic E-state index is -0.370. The maximum Gasteiger partial charge on any atom is 0.336 e. The van der Waals surface area contributed by atoms with Crippen molar-refractivity contribution in [2.75, 3.05) is 6.61 Å². The van der Waals surface area contributed by atoms with Crippen LogP contribution < -0.4 is 10.4 Å². The number of carbonyl (C=O) groups is 1. The molecule has 1 amide bonds. The number of fused-ring (bicyclic) bond motifs is 1. The average Bonchev–Trinajstić information content (AvgIpc) is 2.58. The Kier molecular flexibility index (Phi) is 5.35. The van der Waals surface area contributed by atoms with E-state index in [-0.39, 0.29) is 36.1 Å². The van der Waals surface area contributed by atoms with Gasteiger partial charge in [-0.05, 0) is 56.7 Å². The third kappa shape index (κ3) is 3.76. The van der Waals surface area contributed by atoms with Crippen molar-refractivity contribution < 1.29 is 13.9 Å². The Morgan fingerprint density at radius 1 is 1.23 bits per heavy atom. The highest BCUT2D eigenvalue weighted by atomic mass is 16.5. The first kappa shape index (κ1) is 18.5. The summed E-state index contributed by atoms with van der Waals surface area (Å²) in [6, 6.07) is 7.44. The van der Waals surface area contributed by atoms with Gasteiger partial charge in [-0.15, -0.1) is 0 Å². The molecule has 0 bridgehead atoms. The predicted molar refractivity (Wildman–Crippen MR) is 102 cm³/mol. The normalized spacial score (nSPS) is 20.6. The number of ether oxygens (including phenoxy) is 1. The van der Waals surface area contributed by atoms with Crippen LogP contribution in [0.25, 0.3) is 11.0 Å². The lowest BCUT2D eigenvalue weighted by Crippen LogP contribution is -2.49. The largest absolute Gasteiger partial charge is 0.484 e. The third-order valence-corrected chi connectivity index (χ3v) is 5.21. The second-order valence-electron chi connectivity index (χ2n) is 7.55. The molecule has 1 aliphatic rings. The molecular weight excluding hydrogens is 330 g/mol. The number of hydrogen-bond acceptors (Lipinski definition) is 4. The Balaban J connectivity index is 1.77. The molecule has 0 N–H and O–H groups in total. The Morgan fingerprint density at radius 3 is 2.58 bits per heavy atom. The van der Waals surface area contributed by atoms with Crippen molar-refractivity contribution in [2.24, 2.45) is 0 Å². The standard InChI is InChI=1S/C21H27NO4/c1-13(2)18-11-21(24)26-19-10-16(8-9-17(18)19)25-12-20(23)22-14(3)6-5-7-15(22)4/h8-11,13-15H,5-7,12H2,1-4H3. The number of hydrogen-bond donors (Lipinski definition) is 0. The maximum absolute atomic E-state index is 12.6. The van der Waals surface area contributed by atoms with Crippen LogP contribution in [0.5, 0.6) is 5.75 Å². The van der Waals surface area contributed by atoms with Gasteiger partial charge in [-0.25, -0.2) is 4.79 Å². The molecule has 140 valence electrons. The van der Waals surface area contributed by atoms with Crippen LogP contribution in [-0.4, -0.2) is 29.5 Å². The molecule has 2 unspecified atom stereocenters. The topological polar surface area (TPSA) is 59.8 Å². The van der Waals surface area contributed by atoms with Gasteiger partial charge < -0.3 is 14.1 Å². The Hall–Kier alpha value is -2.30. The molecule has 5 heteroatoms. The van der Waals surface area contributed by atoms with E-state index in [9.17, 15) is 9.59 Å². The lowest BCUT2D eigenvalue weighted by Gasteiger charge is -2.38. The minimum Gasteiger partial charge on any atom is -0.484 e. The van der Waals surface area contributed by atoms with E-state index in [1.807, 2.05) is 30.9 Å². The molecule has 2 aromatic rings. The molecule has 3 rings (SSSR count). The summed E-state index contributed by atoms with van der Waals surface area (Å²) in [5.74, 6) is 0.756. The quantitative estimate of drug-likeness (QED) is 0.774. The van der Waals surface area contributed by atoms with Crippen LogP contribution in [0.15, 0.2) is 33.5 Å². The summed E-state index contributed by atoms with van der Waals surface area (Å²) in [4.78, 5) is 26.3. The van der Waals surface area contributed by atoms with Gasteiger partial charge in [0.2, 0.25) is 0 Å². The smallest absolute Gasteiger partial charge is 0.336 e. The number of benzene rings is 1. The number of likely N-dealkylation sites (tertiary alicyclic amines) is 1. The van der Waals surface area contributed by atoms with Gasteiger partial charge in [-0.2, -0.15) is 0 Å². The van der Waals surface area contributed by atoms with Crippen LogP contribution in [0.3, 0.4) is 0 Å². The molecule has 26 heavy (non-hydrogen) atoms. The van der Waals surface area contributed by atoms with E-state index in [0.717, 1.165) is 30.2 Å². The molecule has 1 fully saturated rings. The molecule has 1 aromatic carbocycles. The Morgan fingerprint density at radius 2 is 1.92 bits per heavy atom. The Bertz CT molecular complexity index is 845. The fourth-order valence-electron chi connectivity index (χ4n) is 3.87. The van der Waals surface area contributed by atoms with Crippen LogP contribution in [0.2, 0.25) is 0 Å². The summed E-state index contributed by atoms with van der Waals surface area (Å²) >= 11 is 0. The number of carbonyl (C=O) groups excluding carboxylic acids is 1. The summed E-state index contributed by atoms with van der Waals surface area (Å²) in [6.07, 6.45) is 3.24. The molecule has 0 spiro atoms. The number of piperidine rings is 1. The molecule has 1 aliphatic heterocycles. The number of nitrogens with zero attached hydrogens (tertiary/aromatic N) is 1. The predicted octanol–water partition coefficient (Wildman–Crippen LogP) is 4.08. The highest BCUT2D eigenvalue weighted by molar-refractivity contribution is 5.82. The van der Waals surface area contributed by atoms with Crippen molar-refractivity contribution in [1.82, 2.24) is 4.90 Å². The average molecular weight is 357 g/mol. The van der Waals surface area contributed by atoms with Gasteiger partial charge in [-0.1, -0.05) is 13.8 Å². The monoisotopic (exact) mass is 357 g/mol. The zero-order chi connectivity index (χ0) is 18.8. The summed E-state index contributed by atoms with van der Waals surface area (Å²) in [6.45, 7) is 8.25. The first-order valence-electron chi connectivity index (χ1n) is 9.38. The molecule has 0 radical (unpaired) electrons. The van der Waals surface area contributed by atoms with Crippen molar-refractivity contribution in [2.45, 2.75) is 65.0 Å². The van der Waals surface area contributed by atoms with E-state index in [1.54, 1.807) is 6.07 Å². The molecule has 0 aliphatic carbocycles. The van der Waals surface area contributed by atoms with Gasteiger partial charge in [0.25, 0.3) is 5.91 Å². The van der Waals surface area contributed by atoms with Gasteiger partial charge >= 0.3 is 5.63 Å². The van der Waals surface area contributed by atoms with E-state index in [2.05, 4.69) is 13.8 Å². The van der Waals surface area contributed by atoms with E-state index in [0.29, 0.717) is 11.3 Å². The number of amides is 1. The van der Waals surface area contributed by atoms with Crippen LogP contribution in [0.1, 0.15) is 58.4 Å². The molecule has 0 saturated carbocycles. The van der Waals surface area contributed by atoms with Gasteiger partial charge in [0, 0.05) is 29.6 Å². The molecule has 5 nitrogen and oxygen atoms in total. The van der Waals surface area contributed by atoms with Crippen LogP contribution >= 0.6 is 0 Å². The van der Waals surface area contributed by atoms with Crippen molar-refractivity contribution >= 4 is 16.9 Å². The Labute approximate surface area is 153 Å². The SMILES string of the molecule is CC(C)c1cc(=O)oc2cc(OCC(=O)N3C(C)CCCC3C)ccc12. The zero-order valence-corrected chi connectivity index (χ0v) is 16.0. The van der Waals surface area contributed by atoms with E-state index < -0.39 is 0 Å². The lowest BCUT2D eigenvalue weighted by molar-refractivity contribution is -0.139. The molecule has 1 saturated heterocycles. The fraction of sp³-hybridized carbons (Fsp3) is 0.524. The number of rotatable bonds is 4. The van der Waals surface area contributed by atoms with Gasteiger partial charge in [0.1, 0.15) is 11.3 Å². The maximum atomic E-state index is 12.6. The van der Waals surface area contributed by atoms with Crippen molar-refractivity contribution in [3.63, 3.8) is 0 Å². The molecule has 2 atom stereocenters. The van der Waals surface area contributed by atoms with E-state index in [1.165, 1.54) is 6.07 Å². The fourth-order valence-corrected chi connectivity index (χ4v) is 3.87. The highest BCUT2D eigenvalue weighted by Gasteiger charge is 2.29. The second kappa shape index (κ2) is 7.52. The molecule has 2 heterocycles. The van der Waals surface area contributed by atoms with Crippen molar-refractivity contribution in [1.29, 1.82) is 0 Å². The highest BCUT2D eigenvalue weighted by Crippen LogP contribution is 2.27. The lowest BCUT2D eigenvalue weighted by atomic mass is 9.97. The van der Waals surface area contributed by atoms with Gasteiger partial charge in [-0.3, -0.25) is 4.79 Å². The van der Waals surface area contributed by atoms with Crippen molar-refractivity contribution in [3.8, 4) is 5.75 Å². The summed E-state index contributed by atoms with van der Waals surface area (Å²) in [5.41, 5.74) is 1.08. The van der Waals surface area contributed by atoms with E-state index >= 15 is 0 Å². The summed E-state index contributed by atoms with van der Waals surface area (Å²) in [7, 11) is 0. The van der Waals surface area contributed by atoms with Crippen LogP contribution in [-0.2, 0) is 4.79 Å². The summed E-state index contributed by atoms with van der Waals surface area (Å²) in [5, 5.41) is 0.900. The zero-order valence-electron chi connectivity index (χ0n) is 16.0. The minimum absolute atomic E-state index is 0.00202. The first-order valence-corrected chi connectivity index (χ1v) is 9.38. The van der Waals surface area contributed by atoms with Crippen LogP contribution in [0.4, 0.5) is 0 Å². The van der Waals surface area contributed by atoms with Gasteiger partial charge in [0.05, 0.1) is 0 Å². The first-order chi connectivity index (χ1) is 12.4. The van der Waals surface area contributed by atoms with E-state index in [4.69, 9.17) is 9.15 Å². The van der Waals surface area contributed by atoms with Gasteiger partial charge in [0.15, 0.2) is 6.61 Å². The molecular formula is C21H27NO4. The second-order valence-corrected chi connectivity index (χ2v) is 7.55. The summed E-state index contributed by atoms with van der Waals surface area (Å²) < 4.78 is 11.0.